The molecule has 4 heteroatoms. The Labute approximate surface area is 163 Å². The minimum atomic E-state index is -0.412. The number of carbonyl (C=O) groups is 1. The quantitative estimate of drug-likeness (QED) is 0.543. The van der Waals surface area contributed by atoms with Crippen LogP contribution in [0, 0.1) is 0 Å². The molecular formula is C22H24BrNO2. The first kappa shape index (κ1) is 20.0. The maximum atomic E-state index is 12.3. The molecule has 0 spiro atoms. The van der Waals surface area contributed by atoms with Gasteiger partial charge in [0.1, 0.15) is 6.61 Å². The van der Waals surface area contributed by atoms with Crippen LogP contribution in [0.2, 0.25) is 0 Å². The van der Waals surface area contributed by atoms with Crippen molar-refractivity contribution < 1.29 is 9.53 Å². The summed E-state index contributed by atoms with van der Waals surface area (Å²) in [5.41, 5.74) is 2.13. The van der Waals surface area contributed by atoms with Crippen molar-refractivity contribution >= 4 is 22.0 Å². The smallest absolute Gasteiger partial charge is 0.407 e. The van der Waals surface area contributed by atoms with Gasteiger partial charge >= 0.3 is 6.09 Å². The number of hydrogen-bond acceptors (Lipinski definition) is 2. The molecule has 2 unspecified atom stereocenters. The molecule has 3 nitrogen and oxygen atoms in total. The van der Waals surface area contributed by atoms with Gasteiger partial charge in [-0.3, -0.25) is 0 Å². The number of rotatable bonds is 8. The first-order chi connectivity index (χ1) is 12.6. The van der Waals surface area contributed by atoms with Crippen LogP contribution in [-0.4, -0.2) is 12.1 Å². The van der Waals surface area contributed by atoms with E-state index in [1.807, 2.05) is 54.6 Å². The number of alkyl carbamates (subject to hydrolysis) is 1. The first-order valence-corrected chi connectivity index (χ1v) is 9.39. The second-order valence-corrected chi connectivity index (χ2v) is 6.96. The van der Waals surface area contributed by atoms with E-state index in [0.29, 0.717) is 6.42 Å². The van der Waals surface area contributed by atoms with Crippen molar-refractivity contribution in [3.05, 3.63) is 95.0 Å². The summed E-state index contributed by atoms with van der Waals surface area (Å²) in [6.45, 7) is 6.10. The number of hydrogen-bond donors (Lipinski definition) is 1. The van der Waals surface area contributed by atoms with Crippen molar-refractivity contribution in [3.8, 4) is 0 Å². The summed E-state index contributed by atoms with van der Waals surface area (Å²) in [7, 11) is 0. The fourth-order valence-corrected chi connectivity index (χ4v) is 2.80. The van der Waals surface area contributed by atoms with Gasteiger partial charge in [0.05, 0.1) is 0 Å². The molecule has 136 valence electrons. The van der Waals surface area contributed by atoms with E-state index in [2.05, 4.69) is 46.9 Å². The third kappa shape index (κ3) is 6.52. The molecule has 0 radical (unpaired) electrons. The molecule has 0 fully saturated rings. The second kappa shape index (κ2) is 10.6. The average Bonchev–Trinajstić information content (AvgIpc) is 2.70. The lowest BCUT2D eigenvalue weighted by atomic mass is 9.91. The van der Waals surface area contributed by atoms with Crippen LogP contribution in [0.5, 0.6) is 0 Å². The molecular weight excluding hydrogens is 390 g/mol. The molecule has 2 atom stereocenters. The minimum Gasteiger partial charge on any atom is -0.445 e. The van der Waals surface area contributed by atoms with Crippen molar-refractivity contribution in [1.29, 1.82) is 0 Å². The zero-order chi connectivity index (χ0) is 18.8. The number of carbonyl (C=O) groups excluding carboxylic acids is 1. The lowest BCUT2D eigenvalue weighted by Crippen LogP contribution is -2.38. The zero-order valence-corrected chi connectivity index (χ0v) is 16.5. The molecule has 26 heavy (non-hydrogen) atoms. The number of benzene rings is 2. The Balaban J connectivity index is 2.02. The predicted molar refractivity (Wildman–Crippen MR) is 110 cm³/mol. The standard InChI is InChI=1S/C22H24BrNO2/c1-3-20(23)14-15-21(17(2)19-12-8-5-9-13-19)24-22(25)26-16-18-10-6-4-7-11-18/h3-14,17,21H,1,15-16H2,2H3,(H,24,25)/b20-14-. The lowest BCUT2D eigenvalue weighted by Gasteiger charge is -2.24. The fraction of sp³-hybridized carbons (Fsp3) is 0.227. The second-order valence-electron chi connectivity index (χ2n) is 6.04. The number of ether oxygens (including phenoxy) is 1. The molecule has 0 saturated carbocycles. The summed E-state index contributed by atoms with van der Waals surface area (Å²) in [4.78, 5) is 12.3. The van der Waals surface area contributed by atoms with Crippen molar-refractivity contribution in [2.24, 2.45) is 0 Å². The average molecular weight is 414 g/mol. The Morgan fingerprint density at radius 1 is 1.15 bits per heavy atom. The SMILES string of the molecule is C=C/C(Br)=C/CC(NC(=O)OCc1ccccc1)C(C)c1ccccc1. The van der Waals surface area contributed by atoms with E-state index in [1.165, 1.54) is 5.56 Å². The molecule has 0 aromatic heterocycles. The Kier molecular flexibility index (Phi) is 8.16. The molecule has 1 amide bonds. The van der Waals surface area contributed by atoms with E-state index < -0.39 is 6.09 Å². The maximum absolute atomic E-state index is 12.3. The van der Waals surface area contributed by atoms with Crippen LogP contribution in [0.25, 0.3) is 0 Å². The maximum Gasteiger partial charge on any atom is 0.407 e. The highest BCUT2D eigenvalue weighted by atomic mass is 79.9. The summed E-state index contributed by atoms with van der Waals surface area (Å²) in [5.74, 6) is 0.141. The van der Waals surface area contributed by atoms with E-state index in [1.54, 1.807) is 6.08 Å². The van der Waals surface area contributed by atoms with Crippen LogP contribution in [0.4, 0.5) is 4.79 Å². The Morgan fingerprint density at radius 2 is 1.77 bits per heavy atom. The van der Waals surface area contributed by atoms with Crippen molar-refractivity contribution in [2.75, 3.05) is 0 Å². The van der Waals surface area contributed by atoms with Gasteiger partial charge in [-0.1, -0.05) is 102 Å². The van der Waals surface area contributed by atoms with E-state index in [-0.39, 0.29) is 18.6 Å². The lowest BCUT2D eigenvalue weighted by molar-refractivity contribution is 0.134. The normalized spacial score (nSPS) is 13.5. The van der Waals surface area contributed by atoms with Gasteiger partial charge in [0, 0.05) is 16.4 Å². The van der Waals surface area contributed by atoms with Gasteiger partial charge in [-0.05, 0) is 17.5 Å². The summed E-state index contributed by atoms with van der Waals surface area (Å²) in [6, 6.07) is 19.7. The summed E-state index contributed by atoms with van der Waals surface area (Å²) < 4.78 is 6.28. The molecule has 0 heterocycles. The van der Waals surface area contributed by atoms with Crippen molar-refractivity contribution in [2.45, 2.75) is 31.9 Å². The van der Waals surface area contributed by atoms with Gasteiger partial charge in [-0.2, -0.15) is 0 Å². The molecule has 0 saturated heterocycles. The van der Waals surface area contributed by atoms with E-state index in [4.69, 9.17) is 4.74 Å². The number of allylic oxidation sites excluding steroid dienone is 2. The highest BCUT2D eigenvalue weighted by Gasteiger charge is 2.21. The van der Waals surface area contributed by atoms with Gasteiger partial charge in [0.15, 0.2) is 0 Å². The van der Waals surface area contributed by atoms with Crippen LogP contribution in [0.15, 0.2) is 83.9 Å². The molecule has 0 aliphatic carbocycles. The molecule has 0 bridgehead atoms. The van der Waals surface area contributed by atoms with Crippen LogP contribution >= 0.6 is 15.9 Å². The Morgan fingerprint density at radius 3 is 2.38 bits per heavy atom. The third-order valence-electron chi connectivity index (χ3n) is 4.21. The van der Waals surface area contributed by atoms with Gasteiger partial charge in [0.2, 0.25) is 0 Å². The third-order valence-corrected chi connectivity index (χ3v) is 4.85. The summed E-state index contributed by atoms with van der Waals surface area (Å²) >= 11 is 3.44. The van der Waals surface area contributed by atoms with Gasteiger partial charge in [0.25, 0.3) is 0 Å². The van der Waals surface area contributed by atoms with Crippen molar-refractivity contribution in [3.63, 3.8) is 0 Å². The number of nitrogens with one attached hydrogen (secondary N) is 1. The summed E-state index contributed by atoms with van der Waals surface area (Å²) in [5, 5.41) is 3.00. The van der Waals surface area contributed by atoms with Gasteiger partial charge in [-0.25, -0.2) is 4.79 Å². The van der Waals surface area contributed by atoms with Crippen LogP contribution < -0.4 is 5.32 Å². The molecule has 2 aromatic carbocycles. The number of halogens is 1. The van der Waals surface area contributed by atoms with Crippen LogP contribution in [0.3, 0.4) is 0 Å². The van der Waals surface area contributed by atoms with Gasteiger partial charge < -0.3 is 10.1 Å². The fourth-order valence-electron chi connectivity index (χ4n) is 2.62. The molecule has 2 aromatic rings. The van der Waals surface area contributed by atoms with Crippen molar-refractivity contribution in [1.82, 2.24) is 5.32 Å². The molecule has 1 N–H and O–H groups in total. The monoisotopic (exact) mass is 413 g/mol. The van der Waals surface area contributed by atoms with Crippen LogP contribution in [-0.2, 0) is 11.3 Å². The zero-order valence-electron chi connectivity index (χ0n) is 14.9. The van der Waals surface area contributed by atoms with E-state index >= 15 is 0 Å². The predicted octanol–water partition coefficient (Wildman–Crippen LogP) is 5.94. The highest BCUT2D eigenvalue weighted by molar-refractivity contribution is 9.11. The van der Waals surface area contributed by atoms with Gasteiger partial charge in [-0.15, -0.1) is 0 Å². The molecule has 2 rings (SSSR count). The molecule has 0 aliphatic heterocycles. The topological polar surface area (TPSA) is 38.3 Å². The summed E-state index contributed by atoms with van der Waals surface area (Å²) in [6.07, 6.45) is 4.00. The van der Waals surface area contributed by atoms with E-state index in [0.717, 1.165) is 10.0 Å². The molecule has 0 aliphatic rings. The van der Waals surface area contributed by atoms with E-state index in [9.17, 15) is 4.79 Å². The minimum absolute atomic E-state index is 0.0897. The largest absolute Gasteiger partial charge is 0.445 e. The number of amides is 1. The highest BCUT2D eigenvalue weighted by Crippen LogP contribution is 2.23. The Bertz CT molecular complexity index is 728. The first-order valence-electron chi connectivity index (χ1n) is 8.60. The van der Waals surface area contributed by atoms with Crippen LogP contribution in [0.1, 0.15) is 30.4 Å². The Hall–Kier alpha value is -2.33.